The number of anilines is 2. The first-order valence-corrected chi connectivity index (χ1v) is 10.7. The summed E-state index contributed by atoms with van der Waals surface area (Å²) in [6, 6.07) is 24.7. The largest absolute Gasteiger partial charge is 0.325 e. The van der Waals surface area contributed by atoms with Crippen LogP contribution in [0.1, 0.15) is 16.8 Å². The Morgan fingerprint density at radius 2 is 1.65 bits per heavy atom. The number of para-hydroxylation sites is 1. The Kier molecular flexibility index (Phi) is 6.38. The number of carbonyl (C=O) groups excluding carboxylic acids is 2. The minimum absolute atomic E-state index is 0.155. The van der Waals surface area contributed by atoms with Crippen LogP contribution in [-0.2, 0) is 4.79 Å². The number of pyridine rings is 1. The molecule has 0 saturated carbocycles. The fourth-order valence-electron chi connectivity index (χ4n) is 3.40. The van der Waals surface area contributed by atoms with Crippen LogP contribution in [0.3, 0.4) is 0 Å². The molecule has 0 unspecified atom stereocenters. The second-order valence-electron chi connectivity index (χ2n) is 7.01. The topological polar surface area (TPSA) is 62.3 Å². The van der Waals surface area contributed by atoms with Gasteiger partial charge in [-0.2, -0.15) is 0 Å². The number of hydrogen-bond acceptors (Lipinski definition) is 3. The average Bonchev–Trinajstić information content (AvgIpc) is 2.80. The highest BCUT2D eigenvalue weighted by Gasteiger charge is 2.19. The van der Waals surface area contributed by atoms with E-state index in [9.17, 15) is 9.59 Å². The number of aromatic nitrogens is 1. The van der Waals surface area contributed by atoms with Crippen LogP contribution in [0.25, 0.3) is 10.8 Å². The molecule has 5 nitrogen and oxygen atoms in total. The summed E-state index contributed by atoms with van der Waals surface area (Å²) in [5, 5.41) is 5.02. The summed E-state index contributed by atoms with van der Waals surface area (Å²) < 4.78 is 0.722. The molecule has 1 N–H and O–H groups in total. The van der Waals surface area contributed by atoms with Crippen LogP contribution in [0.4, 0.5) is 11.4 Å². The van der Waals surface area contributed by atoms with Gasteiger partial charge in [0.2, 0.25) is 5.91 Å². The van der Waals surface area contributed by atoms with E-state index >= 15 is 0 Å². The Bertz CT molecular complexity index is 1220. The highest BCUT2D eigenvalue weighted by Crippen LogP contribution is 2.23. The number of nitrogens with zero attached hydrogens (tertiary/aromatic N) is 2. The number of carbonyl (C=O) groups is 2. The summed E-state index contributed by atoms with van der Waals surface area (Å²) in [5.74, 6) is -0.365. The van der Waals surface area contributed by atoms with Gasteiger partial charge in [0.25, 0.3) is 5.91 Å². The van der Waals surface area contributed by atoms with Gasteiger partial charge in [-0.25, -0.2) is 0 Å². The number of hydrogen-bond donors (Lipinski definition) is 1. The second-order valence-corrected chi connectivity index (χ2v) is 7.92. The van der Waals surface area contributed by atoms with E-state index in [0.717, 1.165) is 26.6 Å². The molecule has 3 aromatic carbocycles. The van der Waals surface area contributed by atoms with Gasteiger partial charge in [0, 0.05) is 46.6 Å². The van der Waals surface area contributed by atoms with Crippen molar-refractivity contribution in [2.45, 2.75) is 6.42 Å². The first-order chi connectivity index (χ1) is 15.1. The van der Waals surface area contributed by atoms with E-state index in [0.29, 0.717) is 5.56 Å². The van der Waals surface area contributed by atoms with Crippen LogP contribution >= 0.6 is 15.9 Å². The number of amides is 2. The Morgan fingerprint density at radius 3 is 2.45 bits per heavy atom. The maximum absolute atomic E-state index is 13.2. The molecule has 0 aliphatic heterocycles. The molecule has 0 radical (unpaired) electrons. The lowest BCUT2D eigenvalue weighted by Crippen LogP contribution is -2.34. The van der Waals surface area contributed by atoms with Gasteiger partial charge in [-0.15, -0.1) is 0 Å². The second kappa shape index (κ2) is 9.53. The summed E-state index contributed by atoms with van der Waals surface area (Å²) in [5.41, 5.74) is 1.94. The maximum Gasteiger partial charge on any atom is 0.259 e. The fourth-order valence-corrected chi connectivity index (χ4v) is 3.77. The first kappa shape index (κ1) is 20.8. The molecule has 4 aromatic rings. The van der Waals surface area contributed by atoms with Crippen LogP contribution in [-0.4, -0.2) is 23.3 Å². The highest BCUT2D eigenvalue weighted by molar-refractivity contribution is 9.10. The molecule has 0 spiro atoms. The molecule has 2 amide bonds. The van der Waals surface area contributed by atoms with Crippen LogP contribution in [0.5, 0.6) is 0 Å². The van der Waals surface area contributed by atoms with Crippen LogP contribution in [0.2, 0.25) is 0 Å². The lowest BCUT2D eigenvalue weighted by atomic mass is 10.1. The molecule has 0 fully saturated rings. The summed E-state index contributed by atoms with van der Waals surface area (Å²) in [4.78, 5) is 31.6. The van der Waals surface area contributed by atoms with Crippen molar-refractivity contribution in [3.63, 3.8) is 0 Å². The molecule has 1 heterocycles. The third kappa shape index (κ3) is 4.98. The van der Waals surface area contributed by atoms with Crippen molar-refractivity contribution in [2.75, 3.05) is 16.8 Å². The highest BCUT2D eigenvalue weighted by atomic mass is 79.9. The van der Waals surface area contributed by atoms with E-state index in [1.807, 2.05) is 72.8 Å². The molecule has 154 valence electrons. The zero-order valence-corrected chi connectivity index (χ0v) is 18.2. The first-order valence-electron chi connectivity index (χ1n) is 9.87. The van der Waals surface area contributed by atoms with Gasteiger partial charge in [-0.3, -0.25) is 14.6 Å². The minimum atomic E-state index is -0.210. The predicted molar refractivity (Wildman–Crippen MR) is 127 cm³/mol. The molecular formula is C25H20BrN3O2. The van der Waals surface area contributed by atoms with Gasteiger partial charge in [0.15, 0.2) is 0 Å². The van der Waals surface area contributed by atoms with Crippen LogP contribution in [0, 0.1) is 0 Å². The smallest absolute Gasteiger partial charge is 0.259 e. The third-order valence-corrected chi connectivity index (χ3v) is 5.32. The van der Waals surface area contributed by atoms with Crippen molar-refractivity contribution in [3.8, 4) is 0 Å². The molecule has 1 aromatic heterocycles. The van der Waals surface area contributed by atoms with Crippen molar-refractivity contribution in [3.05, 3.63) is 101 Å². The molecule has 4 rings (SSSR count). The molecule has 0 atom stereocenters. The lowest BCUT2D eigenvalue weighted by Gasteiger charge is -2.23. The van der Waals surface area contributed by atoms with Crippen LogP contribution in [0.15, 0.2) is 95.7 Å². The Balaban J connectivity index is 1.52. The SMILES string of the molecule is O=C(CCN(C(=O)c1cncc(Br)c1)c1ccccc1)Nc1cccc2ccccc12. The zero-order chi connectivity index (χ0) is 21.6. The normalized spacial score (nSPS) is 10.6. The summed E-state index contributed by atoms with van der Waals surface area (Å²) in [6.07, 6.45) is 3.31. The van der Waals surface area contributed by atoms with Gasteiger partial charge < -0.3 is 10.2 Å². The van der Waals surface area contributed by atoms with Gasteiger partial charge in [0.05, 0.1) is 5.56 Å². The van der Waals surface area contributed by atoms with Crippen molar-refractivity contribution >= 4 is 49.9 Å². The average molecular weight is 474 g/mol. The molecule has 0 aliphatic carbocycles. The van der Waals surface area contributed by atoms with Crippen molar-refractivity contribution in [1.29, 1.82) is 0 Å². The van der Waals surface area contributed by atoms with E-state index in [4.69, 9.17) is 0 Å². The van der Waals surface area contributed by atoms with E-state index in [2.05, 4.69) is 26.2 Å². The van der Waals surface area contributed by atoms with Crippen molar-refractivity contribution in [2.24, 2.45) is 0 Å². The third-order valence-electron chi connectivity index (χ3n) is 4.89. The monoisotopic (exact) mass is 473 g/mol. The molecule has 0 bridgehead atoms. The van der Waals surface area contributed by atoms with E-state index in [1.165, 1.54) is 6.20 Å². The predicted octanol–water partition coefficient (Wildman–Crippen LogP) is 5.67. The van der Waals surface area contributed by atoms with E-state index < -0.39 is 0 Å². The van der Waals surface area contributed by atoms with Gasteiger partial charge in [0.1, 0.15) is 0 Å². The molecule has 31 heavy (non-hydrogen) atoms. The Morgan fingerprint density at radius 1 is 0.903 bits per heavy atom. The van der Waals surface area contributed by atoms with Gasteiger partial charge in [-0.05, 0) is 45.6 Å². The summed E-state index contributed by atoms with van der Waals surface area (Å²) in [6.45, 7) is 0.242. The number of nitrogens with one attached hydrogen (secondary N) is 1. The Labute approximate surface area is 188 Å². The lowest BCUT2D eigenvalue weighted by molar-refractivity contribution is -0.116. The van der Waals surface area contributed by atoms with Gasteiger partial charge in [-0.1, -0.05) is 54.6 Å². The van der Waals surface area contributed by atoms with Crippen molar-refractivity contribution < 1.29 is 9.59 Å². The molecule has 0 saturated heterocycles. The summed E-state index contributed by atoms with van der Waals surface area (Å²) in [7, 11) is 0. The number of rotatable bonds is 6. The number of fused-ring (bicyclic) bond motifs is 1. The van der Waals surface area contributed by atoms with Crippen LogP contribution < -0.4 is 10.2 Å². The van der Waals surface area contributed by atoms with E-state index in [-0.39, 0.29) is 24.8 Å². The molecule has 0 aliphatic rings. The summed E-state index contributed by atoms with van der Waals surface area (Å²) >= 11 is 3.36. The number of benzene rings is 3. The van der Waals surface area contributed by atoms with E-state index in [1.54, 1.807) is 17.2 Å². The van der Waals surface area contributed by atoms with Gasteiger partial charge >= 0.3 is 0 Å². The Hall–Kier alpha value is -3.51. The quantitative estimate of drug-likeness (QED) is 0.392. The maximum atomic E-state index is 13.2. The standard InChI is InChI=1S/C25H20BrN3O2/c26-20-15-19(16-27-17-20)25(31)29(21-9-2-1-3-10-21)14-13-24(30)28-23-12-6-8-18-7-4-5-11-22(18)23/h1-12,15-17H,13-14H2,(H,28,30). The van der Waals surface area contributed by atoms with Crippen molar-refractivity contribution in [1.82, 2.24) is 4.98 Å². The number of halogens is 1. The molecular weight excluding hydrogens is 454 g/mol. The zero-order valence-electron chi connectivity index (χ0n) is 16.7. The molecule has 6 heteroatoms. The minimum Gasteiger partial charge on any atom is -0.325 e. The fraction of sp³-hybridized carbons (Fsp3) is 0.0800.